The summed E-state index contributed by atoms with van der Waals surface area (Å²) in [6.07, 6.45) is 1.12. The quantitative estimate of drug-likeness (QED) is 0.902. The number of aryl methyl sites for hydroxylation is 1. The number of anilines is 1. The van der Waals surface area contributed by atoms with Gasteiger partial charge in [0.2, 0.25) is 0 Å². The van der Waals surface area contributed by atoms with Crippen LogP contribution in [0.25, 0.3) is 0 Å². The topological polar surface area (TPSA) is 61.8 Å². The normalized spacial score (nSPS) is 17.4. The maximum Gasteiger partial charge on any atom is 0.322 e. The zero-order chi connectivity index (χ0) is 16.9. The van der Waals surface area contributed by atoms with Gasteiger partial charge in [0, 0.05) is 13.1 Å². The number of likely N-dealkylation sites (tertiary alicyclic amines) is 1. The van der Waals surface area contributed by atoms with Gasteiger partial charge in [0.25, 0.3) is 0 Å². The number of ether oxygens (including phenoxy) is 1. The number of urea groups is 1. The van der Waals surface area contributed by atoms with Crippen LogP contribution in [0.5, 0.6) is 11.5 Å². The first-order valence-electron chi connectivity index (χ1n) is 8.19. The molecule has 2 N–H and O–H groups in total. The number of piperidine rings is 1. The Morgan fingerprint density at radius 2 is 2.04 bits per heavy atom. The van der Waals surface area contributed by atoms with Gasteiger partial charge in [-0.15, -0.1) is 0 Å². The molecule has 0 bridgehead atoms. The van der Waals surface area contributed by atoms with Crippen molar-refractivity contribution in [1.82, 2.24) is 4.90 Å². The molecule has 2 aromatic rings. The van der Waals surface area contributed by atoms with Crippen LogP contribution in [0.1, 0.15) is 18.4 Å². The number of carbonyl (C=O) groups is 1. The lowest BCUT2D eigenvalue weighted by atomic mass is 10.1. The molecule has 0 saturated carbocycles. The fraction of sp³-hybridized carbons (Fsp3) is 0.316. The van der Waals surface area contributed by atoms with Crippen molar-refractivity contribution in [2.24, 2.45) is 0 Å². The molecule has 126 valence electrons. The standard InChI is InChI=1S/C19H22N2O3/c1-14-9-10-18(24-16-7-3-2-4-8-16)17(12-14)20-19(23)21-11-5-6-15(22)13-21/h2-4,7-10,12,15,22H,5-6,11,13H2,1H3,(H,20,23). The SMILES string of the molecule is Cc1ccc(Oc2ccccc2)c(NC(=O)N2CCCC(O)C2)c1. The van der Waals surface area contributed by atoms with E-state index in [-0.39, 0.29) is 6.03 Å². The van der Waals surface area contributed by atoms with Crippen LogP contribution in [-0.4, -0.2) is 35.2 Å². The number of carbonyl (C=O) groups excluding carboxylic acids is 1. The van der Waals surface area contributed by atoms with Crippen molar-refractivity contribution >= 4 is 11.7 Å². The third-order valence-corrected chi connectivity index (χ3v) is 4.03. The van der Waals surface area contributed by atoms with Crippen LogP contribution in [0.4, 0.5) is 10.5 Å². The van der Waals surface area contributed by atoms with Crippen molar-refractivity contribution in [2.45, 2.75) is 25.9 Å². The van der Waals surface area contributed by atoms with Crippen LogP contribution in [0, 0.1) is 6.92 Å². The number of nitrogens with one attached hydrogen (secondary N) is 1. The number of hydrogen-bond acceptors (Lipinski definition) is 3. The van der Waals surface area contributed by atoms with Gasteiger partial charge < -0.3 is 20.1 Å². The van der Waals surface area contributed by atoms with Crippen LogP contribution < -0.4 is 10.1 Å². The maximum atomic E-state index is 12.5. The lowest BCUT2D eigenvalue weighted by molar-refractivity contribution is 0.0883. The Labute approximate surface area is 141 Å². The first-order valence-corrected chi connectivity index (χ1v) is 8.19. The van der Waals surface area contributed by atoms with Crippen molar-refractivity contribution in [3.05, 3.63) is 54.1 Å². The number of nitrogens with zero attached hydrogens (tertiary/aromatic N) is 1. The number of para-hydroxylation sites is 1. The molecule has 1 saturated heterocycles. The largest absolute Gasteiger partial charge is 0.455 e. The van der Waals surface area contributed by atoms with Crippen LogP contribution in [0.3, 0.4) is 0 Å². The number of aliphatic hydroxyl groups excluding tert-OH is 1. The molecule has 0 aromatic heterocycles. The van der Waals surface area contributed by atoms with E-state index in [4.69, 9.17) is 4.74 Å². The number of hydrogen-bond donors (Lipinski definition) is 2. The third kappa shape index (κ3) is 4.06. The Hall–Kier alpha value is -2.53. The molecule has 1 fully saturated rings. The number of rotatable bonds is 3. The summed E-state index contributed by atoms with van der Waals surface area (Å²) in [6, 6.07) is 14.9. The molecule has 0 spiro atoms. The van der Waals surface area contributed by atoms with E-state index in [2.05, 4.69) is 5.32 Å². The smallest absolute Gasteiger partial charge is 0.322 e. The van der Waals surface area contributed by atoms with Gasteiger partial charge in [-0.25, -0.2) is 4.79 Å². The molecule has 1 unspecified atom stereocenters. The van der Waals surface area contributed by atoms with E-state index in [9.17, 15) is 9.90 Å². The Bertz CT molecular complexity index is 703. The number of benzene rings is 2. The van der Waals surface area contributed by atoms with E-state index >= 15 is 0 Å². The van der Waals surface area contributed by atoms with Crippen LogP contribution >= 0.6 is 0 Å². The Kier molecular flexibility index (Phi) is 5.01. The molecule has 3 rings (SSSR count). The predicted octanol–water partition coefficient (Wildman–Crippen LogP) is 3.78. The second-order valence-electron chi connectivity index (χ2n) is 6.09. The van der Waals surface area contributed by atoms with E-state index in [0.29, 0.717) is 30.3 Å². The molecule has 2 aromatic carbocycles. The monoisotopic (exact) mass is 326 g/mol. The molecule has 1 aliphatic rings. The van der Waals surface area contributed by atoms with Crippen LogP contribution in [0.2, 0.25) is 0 Å². The van der Waals surface area contributed by atoms with Crippen molar-refractivity contribution in [1.29, 1.82) is 0 Å². The molecule has 0 radical (unpaired) electrons. The highest BCUT2D eigenvalue weighted by molar-refractivity contribution is 5.91. The zero-order valence-electron chi connectivity index (χ0n) is 13.7. The summed E-state index contributed by atoms with van der Waals surface area (Å²) in [5.41, 5.74) is 1.66. The highest BCUT2D eigenvalue weighted by atomic mass is 16.5. The van der Waals surface area contributed by atoms with Gasteiger partial charge in [-0.2, -0.15) is 0 Å². The van der Waals surface area contributed by atoms with E-state index < -0.39 is 6.10 Å². The Morgan fingerprint density at radius 3 is 2.79 bits per heavy atom. The minimum absolute atomic E-state index is 0.211. The van der Waals surface area contributed by atoms with E-state index in [0.717, 1.165) is 18.4 Å². The van der Waals surface area contributed by atoms with Gasteiger partial charge in [0.15, 0.2) is 5.75 Å². The van der Waals surface area contributed by atoms with Crippen molar-refractivity contribution in [2.75, 3.05) is 18.4 Å². The van der Waals surface area contributed by atoms with Gasteiger partial charge >= 0.3 is 6.03 Å². The van der Waals surface area contributed by atoms with Crippen LogP contribution in [0.15, 0.2) is 48.5 Å². The predicted molar refractivity (Wildman–Crippen MR) is 93.5 cm³/mol. The third-order valence-electron chi connectivity index (χ3n) is 4.03. The average Bonchev–Trinajstić information content (AvgIpc) is 2.58. The fourth-order valence-electron chi connectivity index (χ4n) is 2.78. The maximum absolute atomic E-state index is 12.5. The summed E-state index contributed by atoms with van der Waals surface area (Å²) in [5.74, 6) is 1.31. The molecule has 1 heterocycles. The van der Waals surface area contributed by atoms with E-state index in [1.54, 1.807) is 4.90 Å². The molecule has 1 aliphatic heterocycles. The van der Waals surface area contributed by atoms with E-state index in [1.165, 1.54) is 0 Å². The molecule has 5 heteroatoms. The highest BCUT2D eigenvalue weighted by Crippen LogP contribution is 2.30. The average molecular weight is 326 g/mol. The first-order chi connectivity index (χ1) is 11.6. The summed E-state index contributed by atoms with van der Waals surface area (Å²) in [5, 5.41) is 12.7. The minimum atomic E-state index is -0.443. The summed E-state index contributed by atoms with van der Waals surface area (Å²) in [4.78, 5) is 14.1. The van der Waals surface area contributed by atoms with Gasteiger partial charge in [0.1, 0.15) is 5.75 Å². The van der Waals surface area contributed by atoms with Crippen LogP contribution in [-0.2, 0) is 0 Å². The Morgan fingerprint density at radius 1 is 1.25 bits per heavy atom. The van der Waals surface area contributed by atoms with Gasteiger partial charge in [-0.1, -0.05) is 24.3 Å². The minimum Gasteiger partial charge on any atom is -0.455 e. The highest BCUT2D eigenvalue weighted by Gasteiger charge is 2.22. The number of β-amino-alcohol motifs (C(OH)–C–C–N with tert-alkyl or cyclic N) is 1. The lowest BCUT2D eigenvalue weighted by Gasteiger charge is -2.30. The first kappa shape index (κ1) is 16.3. The van der Waals surface area contributed by atoms with Crippen molar-refractivity contribution < 1.29 is 14.6 Å². The molecule has 1 atom stereocenters. The summed E-state index contributed by atoms with van der Waals surface area (Å²) >= 11 is 0. The summed E-state index contributed by atoms with van der Waals surface area (Å²) < 4.78 is 5.89. The van der Waals surface area contributed by atoms with Crippen molar-refractivity contribution in [3.8, 4) is 11.5 Å². The van der Waals surface area contributed by atoms with Gasteiger partial charge in [-0.05, 0) is 49.6 Å². The lowest BCUT2D eigenvalue weighted by Crippen LogP contribution is -2.44. The fourth-order valence-corrected chi connectivity index (χ4v) is 2.78. The number of amides is 2. The van der Waals surface area contributed by atoms with Gasteiger partial charge in [0.05, 0.1) is 11.8 Å². The number of aliphatic hydroxyl groups is 1. The zero-order valence-corrected chi connectivity index (χ0v) is 13.7. The molecule has 0 aliphatic carbocycles. The second kappa shape index (κ2) is 7.36. The Balaban J connectivity index is 1.76. The molecular weight excluding hydrogens is 304 g/mol. The molecular formula is C19H22N2O3. The molecule has 5 nitrogen and oxygen atoms in total. The summed E-state index contributed by atoms with van der Waals surface area (Å²) in [7, 11) is 0. The van der Waals surface area contributed by atoms with Gasteiger partial charge in [-0.3, -0.25) is 0 Å². The van der Waals surface area contributed by atoms with Crippen molar-refractivity contribution in [3.63, 3.8) is 0 Å². The molecule has 24 heavy (non-hydrogen) atoms. The molecule has 2 amide bonds. The van der Waals surface area contributed by atoms with E-state index in [1.807, 2.05) is 55.5 Å². The summed E-state index contributed by atoms with van der Waals surface area (Å²) in [6.45, 7) is 2.99. The second-order valence-corrected chi connectivity index (χ2v) is 6.09.